The number of ether oxygens (including phenoxy) is 1. The van der Waals surface area contributed by atoms with Crippen LogP contribution in [-0.4, -0.2) is 41.0 Å². The fraction of sp³-hybridized carbons (Fsp3) is 0.538. The number of amides is 2. The second kappa shape index (κ2) is 6.49. The largest absolute Gasteiger partial charge is 0.384 e. The van der Waals surface area contributed by atoms with Crippen molar-refractivity contribution in [1.29, 1.82) is 0 Å². The standard InChI is InChI=1S/C13H19N5O3/c1-3-8-13(20)17-12(19)6-18(8)11-5-9(14)15-10(16-11)7-21-4-2/h5,8H,3-4,6-7H2,1-2H3,(H2,14,15,16)(H,17,19,20). The van der Waals surface area contributed by atoms with Crippen LogP contribution in [0.4, 0.5) is 11.6 Å². The average molecular weight is 293 g/mol. The Balaban J connectivity index is 2.31. The number of anilines is 2. The summed E-state index contributed by atoms with van der Waals surface area (Å²) in [5.74, 6) is 0.501. The number of carbonyl (C=O) groups is 2. The highest BCUT2D eigenvalue weighted by atomic mass is 16.5. The van der Waals surface area contributed by atoms with Crippen molar-refractivity contribution in [3.63, 3.8) is 0 Å². The number of hydrogen-bond acceptors (Lipinski definition) is 7. The van der Waals surface area contributed by atoms with Crippen LogP contribution in [0.1, 0.15) is 26.1 Å². The minimum Gasteiger partial charge on any atom is -0.384 e. The summed E-state index contributed by atoms with van der Waals surface area (Å²) in [6, 6.07) is 1.11. The van der Waals surface area contributed by atoms with E-state index in [1.165, 1.54) is 0 Å². The lowest BCUT2D eigenvalue weighted by molar-refractivity contribution is -0.132. The molecule has 1 aliphatic heterocycles. The van der Waals surface area contributed by atoms with Crippen LogP contribution < -0.4 is 16.0 Å². The third kappa shape index (κ3) is 3.46. The van der Waals surface area contributed by atoms with Gasteiger partial charge in [0.1, 0.15) is 24.3 Å². The number of imide groups is 1. The second-order valence-corrected chi connectivity index (χ2v) is 4.67. The third-order valence-electron chi connectivity index (χ3n) is 3.15. The van der Waals surface area contributed by atoms with E-state index < -0.39 is 6.04 Å². The summed E-state index contributed by atoms with van der Waals surface area (Å²) >= 11 is 0. The van der Waals surface area contributed by atoms with Crippen molar-refractivity contribution >= 4 is 23.5 Å². The fourth-order valence-electron chi connectivity index (χ4n) is 2.22. The van der Waals surface area contributed by atoms with Gasteiger partial charge in [-0.3, -0.25) is 14.9 Å². The summed E-state index contributed by atoms with van der Waals surface area (Å²) in [4.78, 5) is 33.5. The van der Waals surface area contributed by atoms with Crippen LogP contribution in [0.2, 0.25) is 0 Å². The van der Waals surface area contributed by atoms with E-state index in [4.69, 9.17) is 10.5 Å². The highest BCUT2D eigenvalue weighted by molar-refractivity contribution is 6.04. The van der Waals surface area contributed by atoms with E-state index in [0.29, 0.717) is 24.7 Å². The van der Waals surface area contributed by atoms with E-state index in [2.05, 4.69) is 15.3 Å². The van der Waals surface area contributed by atoms with Crippen LogP contribution in [0.3, 0.4) is 0 Å². The molecule has 2 rings (SSSR count). The molecule has 0 aromatic carbocycles. The number of carbonyl (C=O) groups excluding carboxylic acids is 2. The Kier molecular flexibility index (Phi) is 4.69. The average Bonchev–Trinajstić information content (AvgIpc) is 2.43. The predicted molar refractivity (Wildman–Crippen MR) is 76.3 cm³/mol. The molecule has 0 saturated carbocycles. The Bertz CT molecular complexity index is 549. The molecule has 0 bridgehead atoms. The van der Waals surface area contributed by atoms with Gasteiger partial charge in [0.05, 0.1) is 6.54 Å². The fourth-order valence-corrected chi connectivity index (χ4v) is 2.22. The lowest BCUT2D eigenvalue weighted by Crippen LogP contribution is -2.58. The minimum atomic E-state index is -0.447. The van der Waals surface area contributed by atoms with Gasteiger partial charge in [-0.2, -0.15) is 0 Å². The zero-order valence-corrected chi connectivity index (χ0v) is 12.1. The Hall–Kier alpha value is -2.22. The van der Waals surface area contributed by atoms with E-state index in [1.807, 2.05) is 13.8 Å². The Morgan fingerprint density at radius 2 is 2.19 bits per heavy atom. The van der Waals surface area contributed by atoms with Crippen LogP contribution >= 0.6 is 0 Å². The first-order chi connectivity index (χ1) is 10.0. The van der Waals surface area contributed by atoms with Crippen molar-refractivity contribution in [3.8, 4) is 0 Å². The molecule has 8 heteroatoms. The van der Waals surface area contributed by atoms with Gasteiger partial charge in [0.25, 0.3) is 0 Å². The van der Waals surface area contributed by atoms with Crippen molar-refractivity contribution in [2.24, 2.45) is 0 Å². The summed E-state index contributed by atoms with van der Waals surface area (Å²) in [7, 11) is 0. The first-order valence-corrected chi connectivity index (χ1v) is 6.86. The molecule has 1 aromatic rings. The molecule has 1 unspecified atom stereocenters. The lowest BCUT2D eigenvalue weighted by atomic mass is 10.1. The summed E-state index contributed by atoms with van der Waals surface area (Å²) in [5.41, 5.74) is 5.78. The monoisotopic (exact) mass is 293 g/mol. The number of nitrogen functional groups attached to an aromatic ring is 1. The van der Waals surface area contributed by atoms with Gasteiger partial charge in [0, 0.05) is 12.7 Å². The summed E-state index contributed by atoms with van der Waals surface area (Å²) in [6.45, 7) is 4.58. The van der Waals surface area contributed by atoms with Crippen molar-refractivity contribution in [3.05, 3.63) is 11.9 Å². The van der Waals surface area contributed by atoms with Gasteiger partial charge in [-0.25, -0.2) is 9.97 Å². The molecule has 2 amide bonds. The van der Waals surface area contributed by atoms with Crippen LogP contribution in [-0.2, 0) is 20.9 Å². The van der Waals surface area contributed by atoms with Gasteiger partial charge in [0.2, 0.25) is 11.8 Å². The molecule has 1 saturated heterocycles. The maximum Gasteiger partial charge on any atom is 0.249 e. The summed E-state index contributed by atoms with van der Waals surface area (Å²) in [5, 5.41) is 2.32. The smallest absolute Gasteiger partial charge is 0.249 e. The van der Waals surface area contributed by atoms with E-state index in [0.717, 1.165) is 0 Å². The van der Waals surface area contributed by atoms with Crippen LogP contribution in [0.5, 0.6) is 0 Å². The predicted octanol–water partition coefficient (Wildman–Crippen LogP) is -0.163. The van der Waals surface area contributed by atoms with E-state index >= 15 is 0 Å². The number of nitrogens with two attached hydrogens (primary N) is 1. The SMILES string of the molecule is CCOCc1nc(N)cc(N2CC(=O)NC(=O)C2CC)n1. The third-order valence-corrected chi connectivity index (χ3v) is 3.15. The van der Waals surface area contributed by atoms with Gasteiger partial charge in [-0.1, -0.05) is 6.92 Å². The van der Waals surface area contributed by atoms with Crippen LogP contribution in [0.25, 0.3) is 0 Å². The number of nitrogens with one attached hydrogen (secondary N) is 1. The summed E-state index contributed by atoms with van der Waals surface area (Å²) < 4.78 is 5.27. The molecule has 0 spiro atoms. The molecular weight excluding hydrogens is 274 g/mol. The maximum absolute atomic E-state index is 11.9. The van der Waals surface area contributed by atoms with Gasteiger partial charge < -0.3 is 15.4 Å². The lowest BCUT2D eigenvalue weighted by Gasteiger charge is -2.34. The van der Waals surface area contributed by atoms with Crippen LogP contribution in [0, 0.1) is 0 Å². The van der Waals surface area contributed by atoms with Crippen molar-refractivity contribution < 1.29 is 14.3 Å². The maximum atomic E-state index is 11.9. The van der Waals surface area contributed by atoms with E-state index in [1.54, 1.807) is 11.0 Å². The zero-order chi connectivity index (χ0) is 15.4. The molecule has 114 valence electrons. The van der Waals surface area contributed by atoms with E-state index in [9.17, 15) is 9.59 Å². The second-order valence-electron chi connectivity index (χ2n) is 4.67. The molecule has 1 aliphatic rings. The molecule has 21 heavy (non-hydrogen) atoms. The Morgan fingerprint density at radius 1 is 1.43 bits per heavy atom. The molecule has 0 aliphatic carbocycles. The number of nitrogens with zero attached hydrogens (tertiary/aromatic N) is 3. The van der Waals surface area contributed by atoms with Crippen molar-refractivity contribution in [1.82, 2.24) is 15.3 Å². The molecule has 1 aromatic heterocycles. The minimum absolute atomic E-state index is 0.0643. The van der Waals surface area contributed by atoms with Crippen molar-refractivity contribution in [2.45, 2.75) is 32.9 Å². The first kappa shape index (κ1) is 15.2. The Labute approximate surface area is 122 Å². The number of rotatable bonds is 5. The molecular formula is C13H19N5O3. The molecule has 8 nitrogen and oxygen atoms in total. The van der Waals surface area contributed by atoms with Gasteiger partial charge >= 0.3 is 0 Å². The molecule has 0 radical (unpaired) electrons. The van der Waals surface area contributed by atoms with E-state index in [-0.39, 0.29) is 30.8 Å². The number of hydrogen-bond donors (Lipinski definition) is 2. The zero-order valence-electron chi connectivity index (χ0n) is 12.1. The normalized spacial score (nSPS) is 18.8. The topological polar surface area (TPSA) is 110 Å². The highest BCUT2D eigenvalue weighted by Gasteiger charge is 2.33. The summed E-state index contributed by atoms with van der Waals surface area (Å²) in [6.07, 6.45) is 0.559. The molecule has 2 heterocycles. The number of aromatic nitrogens is 2. The highest BCUT2D eigenvalue weighted by Crippen LogP contribution is 2.20. The molecule has 1 fully saturated rings. The number of piperazine rings is 1. The van der Waals surface area contributed by atoms with Crippen LogP contribution in [0.15, 0.2) is 6.07 Å². The van der Waals surface area contributed by atoms with Gasteiger partial charge in [-0.15, -0.1) is 0 Å². The van der Waals surface area contributed by atoms with Gasteiger partial charge in [0.15, 0.2) is 5.82 Å². The first-order valence-electron chi connectivity index (χ1n) is 6.86. The molecule has 1 atom stereocenters. The molecule has 3 N–H and O–H groups in total. The van der Waals surface area contributed by atoms with Crippen molar-refractivity contribution in [2.75, 3.05) is 23.8 Å². The Morgan fingerprint density at radius 3 is 2.86 bits per heavy atom. The quantitative estimate of drug-likeness (QED) is 0.725. The van der Waals surface area contributed by atoms with Gasteiger partial charge in [-0.05, 0) is 13.3 Å².